The monoisotopic (exact) mass is 352 g/mol. The van der Waals surface area contributed by atoms with Crippen molar-refractivity contribution in [2.45, 2.75) is 25.9 Å². The highest BCUT2D eigenvalue weighted by atomic mass is 35.5. The van der Waals surface area contributed by atoms with Crippen molar-refractivity contribution in [2.24, 2.45) is 0 Å². The van der Waals surface area contributed by atoms with E-state index in [1.165, 1.54) is 6.92 Å². The third-order valence-electron chi connectivity index (χ3n) is 2.82. The van der Waals surface area contributed by atoms with Crippen molar-refractivity contribution in [1.82, 2.24) is 5.06 Å². The van der Waals surface area contributed by atoms with Crippen molar-refractivity contribution in [2.75, 3.05) is 13.2 Å². The van der Waals surface area contributed by atoms with Gasteiger partial charge in [-0.05, 0) is 23.6 Å². The smallest absolute Gasteiger partial charge is 0.286 e. The lowest BCUT2D eigenvalue weighted by molar-refractivity contribution is -0.162. The van der Waals surface area contributed by atoms with E-state index in [4.69, 9.17) is 27.7 Å². The molecule has 1 amide bonds. The van der Waals surface area contributed by atoms with Crippen LogP contribution in [0, 0.1) is 0 Å². The zero-order valence-corrected chi connectivity index (χ0v) is 14.2. The SMILES string of the molecule is CCO[P+](=O)C(CCN(O)C(C)=O)c1ccc(Cl)c(Cl)c1. The van der Waals surface area contributed by atoms with Crippen molar-refractivity contribution in [3.05, 3.63) is 33.8 Å². The number of hydrogen-bond donors (Lipinski definition) is 1. The molecule has 0 saturated heterocycles. The topological polar surface area (TPSA) is 66.8 Å². The summed E-state index contributed by atoms with van der Waals surface area (Å²) in [5.41, 5.74) is 0.208. The first kappa shape index (κ1) is 18.3. The van der Waals surface area contributed by atoms with E-state index in [9.17, 15) is 14.6 Å². The van der Waals surface area contributed by atoms with Crippen LogP contribution in [0.25, 0.3) is 0 Å². The average Bonchev–Trinajstić information content (AvgIpc) is 2.42. The summed E-state index contributed by atoms with van der Waals surface area (Å²) in [7, 11) is -1.99. The Kier molecular flexibility index (Phi) is 7.57. The van der Waals surface area contributed by atoms with E-state index in [1.807, 2.05) is 0 Å². The molecule has 1 aromatic rings. The van der Waals surface area contributed by atoms with Crippen molar-refractivity contribution >= 4 is 37.1 Å². The summed E-state index contributed by atoms with van der Waals surface area (Å²) >= 11 is 11.8. The van der Waals surface area contributed by atoms with Gasteiger partial charge in [0, 0.05) is 18.9 Å². The summed E-state index contributed by atoms with van der Waals surface area (Å²) < 4.78 is 17.4. The summed E-state index contributed by atoms with van der Waals surface area (Å²) in [6.45, 7) is 3.35. The van der Waals surface area contributed by atoms with E-state index in [0.717, 1.165) is 0 Å². The first-order valence-corrected chi connectivity index (χ1v) is 8.38. The van der Waals surface area contributed by atoms with Gasteiger partial charge in [-0.15, -0.1) is 4.52 Å². The maximum atomic E-state index is 12.2. The molecule has 0 saturated carbocycles. The fraction of sp³-hybridized carbons (Fsp3) is 0.462. The zero-order chi connectivity index (χ0) is 16.0. The Morgan fingerprint density at radius 2 is 2.10 bits per heavy atom. The van der Waals surface area contributed by atoms with E-state index in [0.29, 0.717) is 27.3 Å². The predicted molar refractivity (Wildman–Crippen MR) is 82.2 cm³/mol. The molecule has 1 N–H and O–H groups in total. The maximum absolute atomic E-state index is 12.2. The van der Waals surface area contributed by atoms with Crippen LogP contribution in [0.15, 0.2) is 18.2 Å². The lowest BCUT2D eigenvalue weighted by Gasteiger charge is -2.14. The largest absolute Gasteiger partial charge is 0.516 e. The van der Waals surface area contributed by atoms with Gasteiger partial charge in [-0.25, -0.2) is 5.06 Å². The summed E-state index contributed by atoms with van der Waals surface area (Å²) in [5, 5.41) is 10.8. The van der Waals surface area contributed by atoms with E-state index in [-0.39, 0.29) is 13.0 Å². The molecule has 21 heavy (non-hydrogen) atoms. The van der Waals surface area contributed by atoms with Gasteiger partial charge in [-0.1, -0.05) is 29.3 Å². The number of hydrogen-bond acceptors (Lipinski definition) is 4. The minimum atomic E-state index is -1.99. The molecule has 0 aliphatic heterocycles. The van der Waals surface area contributed by atoms with Crippen LogP contribution in [0.4, 0.5) is 0 Å². The van der Waals surface area contributed by atoms with Gasteiger partial charge in [0.2, 0.25) is 11.6 Å². The standard InChI is InChI=1S/C13H17Cl2NO4P/c1-3-20-21(19)13(6-7-16(18)9(2)17)10-4-5-11(14)12(15)8-10/h4-5,8,13,18H,3,6-7H2,1-2H3/q+1. The number of carbonyl (C=O) groups excluding carboxylic acids is 1. The van der Waals surface area contributed by atoms with E-state index in [1.54, 1.807) is 25.1 Å². The molecule has 0 aliphatic carbocycles. The van der Waals surface area contributed by atoms with Crippen LogP contribution in [0.3, 0.4) is 0 Å². The second-order valence-corrected chi connectivity index (χ2v) is 6.59. The summed E-state index contributed by atoms with van der Waals surface area (Å²) in [4.78, 5) is 11.0. The van der Waals surface area contributed by atoms with Crippen LogP contribution in [0.2, 0.25) is 10.0 Å². The summed E-state index contributed by atoms with van der Waals surface area (Å²) in [6.07, 6.45) is 0.281. The molecular weight excluding hydrogens is 336 g/mol. The number of amides is 1. The van der Waals surface area contributed by atoms with Gasteiger partial charge in [-0.3, -0.25) is 10.0 Å². The highest BCUT2D eigenvalue weighted by Crippen LogP contribution is 2.45. The minimum Gasteiger partial charge on any atom is -0.286 e. The fourth-order valence-corrected chi connectivity index (χ4v) is 3.20. The molecule has 1 rings (SSSR count). The second-order valence-electron chi connectivity index (χ2n) is 4.32. The Morgan fingerprint density at radius 3 is 2.62 bits per heavy atom. The van der Waals surface area contributed by atoms with Crippen LogP contribution in [-0.2, 0) is 13.9 Å². The van der Waals surface area contributed by atoms with Crippen LogP contribution < -0.4 is 0 Å². The number of rotatable bonds is 7. The Labute approximate surface area is 134 Å². The van der Waals surface area contributed by atoms with Crippen LogP contribution in [0.1, 0.15) is 31.5 Å². The number of hydroxylamine groups is 2. The molecule has 0 radical (unpaired) electrons. The van der Waals surface area contributed by atoms with Gasteiger partial charge in [0.25, 0.3) is 0 Å². The van der Waals surface area contributed by atoms with Crippen molar-refractivity contribution in [3.8, 4) is 0 Å². The molecule has 0 bridgehead atoms. The quantitative estimate of drug-likeness (QED) is 0.447. The highest BCUT2D eigenvalue weighted by molar-refractivity contribution is 7.39. The molecule has 0 aromatic heterocycles. The molecule has 0 heterocycles. The van der Waals surface area contributed by atoms with Gasteiger partial charge in [-0.2, -0.15) is 0 Å². The maximum Gasteiger partial charge on any atom is 0.516 e. The van der Waals surface area contributed by atoms with Crippen LogP contribution in [0.5, 0.6) is 0 Å². The van der Waals surface area contributed by atoms with Crippen molar-refractivity contribution in [1.29, 1.82) is 0 Å². The Morgan fingerprint density at radius 1 is 1.43 bits per heavy atom. The number of nitrogens with zero attached hydrogens (tertiary/aromatic N) is 1. The van der Waals surface area contributed by atoms with Crippen molar-refractivity contribution < 1.29 is 19.1 Å². The number of carbonyl (C=O) groups is 1. The van der Waals surface area contributed by atoms with Gasteiger partial charge in [0.15, 0.2) is 0 Å². The fourth-order valence-electron chi connectivity index (χ4n) is 1.73. The minimum absolute atomic E-state index is 0.0500. The molecule has 2 unspecified atom stereocenters. The first-order chi connectivity index (χ1) is 9.86. The van der Waals surface area contributed by atoms with Gasteiger partial charge < -0.3 is 0 Å². The highest BCUT2D eigenvalue weighted by Gasteiger charge is 2.34. The molecule has 0 fully saturated rings. The van der Waals surface area contributed by atoms with E-state index in [2.05, 4.69) is 0 Å². The normalized spacial score (nSPS) is 12.9. The number of halogens is 2. The average molecular weight is 353 g/mol. The molecule has 2 atom stereocenters. The molecule has 1 aromatic carbocycles. The van der Waals surface area contributed by atoms with Crippen molar-refractivity contribution in [3.63, 3.8) is 0 Å². The zero-order valence-electron chi connectivity index (χ0n) is 11.8. The third kappa shape index (κ3) is 5.53. The van der Waals surface area contributed by atoms with E-state index >= 15 is 0 Å². The summed E-state index contributed by atoms with van der Waals surface area (Å²) in [5.74, 6) is -0.477. The lowest BCUT2D eigenvalue weighted by Crippen LogP contribution is -2.26. The molecule has 8 heteroatoms. The molecule has 116 valence electrons. The predicted octanol–water partition coefficient (Wildman–Crippen LogP) is 4.44. The molecule has 0 spiro atoms. The van der Waals surface area contributed by atoms with Gasteiger partial charge in [0.1, 0.15) is 0 Å². The number of benzene rings is 1. The second kappa shape index (κ2) is 8.66. The van der Waals surface area contributed by atoms with Gasteiger partial charge in [0.05, 0.1) is 23.2 Å². The van der Waals surface area contributed by atoms with E-state index < -0.39 is 19.6 Å². The Hall–Kier alpha value is -0.710. The molecule has 0 aliphatic rings. The Balaban J connectivity index is 2.93. The molecule has 5 nitrogen and oxygen atoms in total. The Bertz CT molecular complexity index is 527. The first-order valence-electron chi connectivity index (χ1n) is 6.38. The molecular formula is C13H17Cl2NO4P+. The van der Waals surface area contributed by atoms with Gasteiger partial charge >= 0.3 is 8.03 Å². The van der Waals surface area contributed by atoms with Crippen LogP contribution >= 0.6 is 31.2 Å². The third-order valence-corrected chi connectivity index (χ3v) is 5.13. The van der Waals surface area contributed by atoms with Crippen LogP contribution in [-0.4, -0.2) is 29.3 Å². The summed E-state index contributed by atoms with van der Waals surface area (Å²) in [6, 6.07) is 4.94. The lowest BCUT2D eigenvalue weighted by atomic mass is 10.1.